The molecule has 6 heteroatoms. The van der Waals surface area contributed by atoms with Gasteiger partial charge in [-0.2, -0.15) is 0 Å². The Morgan fingerprint density at radius 3 is 2.31 bits per heavy atom. The summed E-state index contributed by atoms with van der Waals surface area (Å²) < 4.78 is 10.7. The topological polar surface area (TPSA) is 64.6 Å². The maximum Gasteiger partial charge on any atom is 0.338 e. The van der Waals surface area contributed by atoms with Crippen LogP contribution in [-0.2, 0) is 20.9 Å². The van der Waals surface area contributed by atoms with Gasteiger partial charge in [-0.3, -0.25) is 4.79 Å². The number of carbonyl (C=O) groups is 2. The smallest absolute Gasteiger partial charge is 0.338 e. The zero-order valence-electron chi connectivity index (χ0n) is 15.0. The number of anilines is 1. The first-order valence-corrected chi connectivity index (χ1v) is 8.71. The number of benzene rings is 2. The van der Waals surface area contributed by atoms with Gasteiger partial charge in [-0.15, -0.1) is 0 Å². The Balaban J connectivity index is 1.91. The number of ether oxygens (including phenoxy) is 2. The molecule has 0 saturated heterocycles. The Morgan fingerprint density at radius 2 is 1.69 bits per heavy atom. The molecule has 1 amide bonds. The van der Waals surface area contributed by atoms with Crippen LogP contribution in [0.25, 0.3) is 0 Å². The Kier molecular flexibility index (Phi) is 7.18. The van der Waals surface area contributed by atoms with Crippen molar-refractivity contribution in [2.24, 2.45) is 0 Å². The van der Waals surface area contributed by atoms with Gasteiger partial charge >= 0.3 is 5.97 Å². The maximum absolute atomic E-state index is 12.2. The predicted molar refractivity (Wildman–Crippen MR) is 101 cm³/mol. The molecule has 0 spiro atoms. The minimum Gasteiger partial charge on any atom is -0.449 e. The maximum atomic E-state index is 12.2. The third-order valence-electron chi connectivity index (χ3n) is 3.56. The lowest BCUT2D eigenvalue weighted by atomic mass is 10.1. The van der Waals surface area contributed by atoms with Crippen molar-refractivity contribution in [3.05, 3.63) is 64.7 Å². The van der Waals surface area contributed by atoms with Crippen LogP contribution in [-0.4, -0.2) is 24.1 Å². The van der Waals surface area contributed by atoms with E-state index in [1.807, 2.05) is 13.8 Å². The monoisotopic (exact) mass is 375 g/mol. The molecule has 2 aromatic carbocycles. The van der Waals surface area contributed by atoms with Crippen molar-refractivity contribution in [3.63, 3.8) is 0 Å². The van der Waals surface area contributed by atoms with E-state index in [4.69, 9.17) is 21.1 Å². The van der Waals surface area contributed by atoms with Crippen LogP contribution >= 0.6 is 11.6 Å². The normalized spacial score (nSPS) is 11.9. The highest BCUT2D eigenvalue weighted by Crippen LogP contribution is 2.20. The molecule has 0 aliphatic heterocycles. The lowest BCUT2D eigenvalue weighted by molar-refractivity contribution is -0.123. The van der Waals surface area contributed by atoms with Gasteiger partial charge in [0.2, 0.25) is 0 Å². The van der Waals surface area contributed by atoms with Gasteiger partial charge < -0.3 is 14.8 Å². The number of hydrogen-bond donors (Lipinski definition) is 1. The van der Waals surface area contributed by atoms with Crippen LogP contribution in [0.3, 0.4) is 0 Å². The largest absolute Gasteiger partial charge is 0.449 e. The molecule has 0 aromatic heterocycles. The summed E-state index contributed by atoms with van der Waals surface area (Å²) in [7, 11) is 0. The van der Waals surface area contributed by atoms with E-state index in [1.54, 1.807) is 48.5 Å². The molecule has 0 unspecified atom stereocenters. The third-order valence-corrected chi connectivity index (χ3v) is 3.89. The van der Waals surface area contributed by atoms with E-state index >= 15 is 0 Å². The van der Waals surface area contributed by atoms with Gasteiger partial charge in [-0.1, -0.05) is 35.9 Å². The summed E-state index contributed by atoms with van der Waals surface area (Å²) in [4.78, 5) is 24.4. The zero-order valence-corrected chi connectivity index (χ0v) is 15.7. The first-order valence-electron chi connectivity index (χ1n) is 8.33. The Labute approximate surface area is 158 Å². The second kappa shape index (κ2) is 9.36. The first-order chi connectivity index (χ1) is 12.4. The second-order valence-electron chi connectivity index (χ2n) is 6.07. The summed E-state index contributed by atoms with van der Waals surface area (Å²) >= 11 is 6.00. The van der Waals surface area contributed by atoms with E-state index in [2.05, 4.69) is 5.32 Å². The first kappa shape index (κ1) is 19.9. The van der Waals surface area contributed by atoms with Crippen LogP contribution in [0.5, 0.6) is 0 Å². The van der Waals surface area contributed by atoms with E-state index in [1.165, 1.54) is 6.92 Å². The fourth-order valence-corrected chi connectivity index (χ4v) is 2.26. The molecule has 0 saturated carbocycles. The van der Waals surface area contributed by atoms with E-state index < -0.39 is 18.0 Å². The Hall–Kier alpha value is -2.37. The molecule has 138 valence electrons. The Morgan fingerprint density at radius 1 is 1.04 bits per heavy atom. The van der Waals surface area contributed by atoms with Crippen molar-refractivity contribution >= 4 is 29.2 Å². The van der Waals surface area contributed by atoms with Crippen LogP contribution < -0.4 is 5.32 Å². The van der Waals surface area contributed by atoms with Gasteiger partial charge in [0.05, 0.1) is 29.0 Å². The van der Waals surface area contributed by atoms with Crippen LogP contribution in [0, 0.1) is 0 Å². The summed E-state index contributed by atoms with van der Waals surface area (Å²) in [6, 6.07) is 13.8. The minimum atomic E-state index is -0.956. The second-order valence-corrected chi connectivity index (χ2v) is 6.48. The number of esters is 1. The molecule has 0 bridgehead atoms. The van der Waals surface area contributed by atoms with Crippen LogP contribution in [0.4, 0.5) is 5.69 Å². The summed E-state index contributed by atoms with van der Waals surface area (Å²) in [6.07, 6.45) is -0.820. The predicted octanol–water partition coefficient (Wildman–Crippen LogP) is 4.45. The van der Waals surface area contributed by atoms with Crippen molar-refractivity contribution in [1.82, 2.24) is 0 Å². The highest BCUT2D eigenvalue weighted by Gasteiger charge is 2.19. The number of rotatable bonds is 7. The molecule has 0 fully saturated rings. The number of carbonyl (C=O) groups excluding carboxylic acids is 2. The van der Waals surface area contributed by atoms with E-state index in [0.29, 0.717) is 22.9 Å². The number of para-hydroxylation sites is 1. The van der Waals surface area contributed by atoms with Gasteiger partial charge in [0.15, 0.2) is 6.10 Å². The molecule has 2 rings (SSSR count). The fraction of sp³-hybridized carbons (Fsp3) is 0.300. The summed E-state index contributed by atoms with van der Waals surface area (Å²) in [6.45, 7) is 5.90. The summed E-state index contributed by atoms with van der Waals surface area (Å²) in [5.41, 5.74) is 1.80. The van der Waals surface area contributed by atoms with Crippen LogP contribution in [0.15, 0.2) is 48.5 Å². The molecule has 5 nitrogen and oxygen atoms in total. The van der Waals surface area contributed by atoms with Gasteiger partial charge in [0.1, 0.15) is 0 Å². The van der Waals surface area contributed by atoms with Gasteiger partial charge in [0.25, 0.3) is 5.91 Å². The van der Waals surface area contributed by atoms with Crippen molar-refractivity contribution in [3.8, 4) is 0 Å². The van der Waals surface area contributed by atoms with Crippen molar-refractivity contribution in [2.45, 2.75) is 39.6 Å². The summed E-state index contributed by atoms with van der Waals surface area (Å²) in [5.74, 6) is -1.02. The molecule has 0 radical (unpaired) electrons. The van der Waals surface area contributed by atoms with Crippen LogP contribution in [0.2, 0.25) is 5.02 Å². The lowest BCUT2D eigenvalue weighted by Gasteiger charge is -2.14. The highest BCUT2D eigenvalue weighted by molar-refractivity contribution is 6.33. The molecule has 1 N–H and O–H groups in total. The quantitative estimate of drug-likeness (QED) is 0.726. The third kappa shape index (κ3) is 5.86. The van der Waals surface area contributed by atoms with Gasteiger partial charge in [-0.05, 0) is 50.6 Å². The Bertz CT molecular complexity index is 759. The lowest BCUT2D eigenvalue weighted by Crippen LogP contribution is -2.30. The molecule has 1 atom stereocenters. The molecule has 26 heavy (non-hydrogen) atoms. The SMILES string of the molecule is CC(C)OCc1ccc(C(=O)O[C@H](C)C(=O)Nc2ccccc2Cl)cc1. The fourth-order valence-electron chi connectivity index (χ4n) is 2.08. The average molecular weight is 376 g/mol. The van der Waals surface area contributed by atoms with E-state index in [9.17, 15) is 9.59 Å². The average Bonchev–Trinajstić information content (AvgIpc) is 2.62. The molecule has 2 aromatic rings. The molecule has 0 aliphatic carbocycles. The summed E-state index contributed by atoms with van der Waals surface area (Å²) in [5, 5.41) is 3.05. The molecule has 0 aliphatic rings. The highest BCUT2D eigenvalue weighted by atomic mass is 35.5. The number of amides is 1. The minimum absolute atomic E-state index is 0.136. The van der Waals surface area contributed by atoms with E-state index in [-0.39, 0.29) is 6.10 Å². The van der Waals surface area contributed by atoms with Gasteiger partial charge in [-0.25, -0.2) is 4.79 Å². The zero-order chi connectivity index (χ0) is 19.1. The van der Waals surface area contributed by atoms with Crippen LogP contribution in [0.1, 0.15) is 36.7 Å². The standard InChI is InChI=1S/C20H22ClNO4/c1-13(2)25-12-15-8-10-16(11-9-15)20(24)26-14(3)19(23)22-18-7-5-4-6-17(18)21/h4-11,13-14H,12H2,1-3H3,(H,22,23)/t14-/m1/s1. The number of nitrogens with one attached hydrogen (secondary N) is 1. The van der Waals surface area contributed by atoms with Crippen molar-refractivity contribution < 1.29 is 19.1 Å². The number of halogens is 1. The van der Waals surface area contributed by atoms with Gasteiger partial charge in [0, 0.05) is 0 Å². The molecule has 0 heterocycles. The van der Waals surface area contributed by atoms with E-state index in [0.717, 1.165) is 5.56 Å². The number of hydrogen-bond acceptors (Lipinski definition) is 4. The molecular weight excluding hydrogens is 354 g/mol. The van der Waals surface area contributed by atoms with Crippen molar-refractivity contribution in [1.29, 1.82) is 0 Å². The molecular formula is C20H22ClNO4. The van der Waals surface area contributed by atoms with Crippen molar-refractivity contribution in [2.75, 3.05) is 5.32 Å².